The molecule has 118 valence electrons. The molecule has 0 radical (unpaired) electrons. The number of ether oxygens (including phenoxy) is 1. The van der Waals surface area contributed by atoms with Crippen molar-refractivity contribution in [2.75, 3.05) is 7.11 Å². The second-order valence-electron chi connectivity index (χ2n) is 5.82. The van der Waals surface area contributed by atoms with Gasteiger partial charge in [0.2, 0.25) is 0 Å². The van der Waals surface area contributed by atoms with Crippen LogP contribution in [-0.4, -0.2) is 13.1 Å². The molecule has 4 rings (SSSR count). The van der Waals surface area contributed by atoms with Crippen LogP contribution >= 0.6 is 0 Å². The summed E-state index contributed by atoms with van der Waals surface area (Å²) in [6, 6.07) is 19.7. The van der Waals surface area contributed by atoms with Crippen LogP contribution in [-0.2, 0) is 4.74 Å². The highest BCUT2D eigenvalue weighted by molar-refractivity contribution is 6.14. The first-order chi connectivity index (χ1) is 11.7. The van der Waals surface area contributed by atoms with Crippen molar-refractivity contribution in [2.45, 2.75) is 6.92 Å². The van der Waals surface area contributed by atoms with E-state index in [2.05, 4.69) is 0 Å². The van der Waals surface area contributed by atoms with Gasteiger partial charge in [0.05, 0.1) is 12.7 Å². The van der Waals surface area contributed by atoms with Crippen molar-refractivity contribution in [2.24, 2.45) is 0 Å². The van der Waals surface area contributed by atoms with E-state index in [1.165, 1.54) is 7.11 Å². The van der Waals surface area contributed by atoms with Crippen LogP contribution in [0.3, 0.4) is 0 Å². The highest BCUT2D eigenvalue weighted by Gasteiger charge is 2.18. The van der Waals surface area contributed by atoms with Gasteiger partial charge in [0.15, 0.2) is 0 Å². The van der Waals surface area contributed by atoms with Gasteiger partial charge in [-0.05, 0) is 36.2 Å². The standard InChI is InChI=1S/C21H16O3/c1-13-10-11-14(17(12-13)21(22)23-2)15-7-5-9-19-20(15)16-6-3-4-8-18(16)24-19/h3-12H,1-2H3. The summed E-state index contributed by atoms with van der Waals surface area (Å²) >= 11 is 0. The Bertz CT molecular complexity index is 1070. The van der Waals surface area contributed by atoms with Gasteiger partial charge in [-0.2, -0.15) is 0 Å². The fraction of sp³-hybridized carbons (Fsp3) is 0.0952. The van der Waals surface area contributed by atoms with E-state index in [4.69, 9.17) is 9.15 Å². The van der Waals surface area contributed by atoms with Crippen LogP contribution in [0.25, 0.3) is 33.1 Å². The van der Waals surface area contributed by atoms with Crippen LogP contribution in [0.4, 0.5) is 0 Å². The van der Waals surface area contributed by atoms with Gasteiger partial charge in [-0.3, -0.25) is 0 Å². The average molecular weight is 316 g/mol. The molecule has 3 heteroatoms. The predicted octanol–water partition coefficient (Wildman–Crippen LogP) is 5.35. The summed E-state index contributed by atoms with van der Waals surface area (Å²) in [5.74, 6) is -0.335. The predicted molar refractivity (Wildman–Crippen MR) is 95.2 cm³/mol. The lowest BCUT2D eigenvalue weighted by Crippen LogP contribution is -2.04. The highest BCUT2D eigenvalue weighted by atomic mass is 16.5. The number of benzene rings is 3. The number of hydrogen-bond donors (Lipinski definition) is 0. The second kappa shape index (κ2) is 5.53. The molecule has 1 aromatic heterocycles. The third-order valence-electron chi connectivity index (χ3n) is 4.27. The van der Waals surface area contributed by atoms with E-state index in [0.717, 1.165) is 38.6 Å². The zero-order valence-electron chi connectivity index (χ0n) is 13.5. The first-order valence-electron chi connectivity index (χ1n) is 7.78. The maximum atomic E-state index is 12.3. The number of fused-ring (bicyclic) bond motifs is 3. The normalized spacial score (nSPS) is 11.1. The summed E-state index contributed by atoms with van der Waals surface area (Å²) in [6.07, 6.45) is 0. The molecule has 0 saturated heterocycles. The van der Waals surface area contributed by atoms with Gasteiger partial charge in [-0.15, -0.1) is 0 Å². The number of methoxy groups -OCH3 is 1. The molecule has 0 aliphatic carbocycles. The third-order valence-corrected chi connectivity index (χ3v) is 4.27. The molecule has 0 aliphatic rings. The summed E-state index contributed by atoms with van der Waals surface area (Å²) in [4.78, 5) is 12.3. The van der Waals surface area contributed by atoms with Crippen LogP contribution in [0.2, 0.25) is 0 Å². The SMILES string of the molecule is COC(=O)c1cc(C)ccc1-c1cccc2oc3ccccc3c12. The smallest absolute Gasteiger partial charge is 0.338 e. The van der Waals surface area contributed by atoms with Gasteiger partial charge in [0.1, 0.15) is 11.2 Å². The summed E-state index contributed by atoms with van der Waals surface area (Å²) < 4.78 is 10.9. The van der Waals surface area contributed by atoms with Crippen molar-refractivity contribution in [1.82, 2.24) is 0 Å². The van der Waals surface area contributed by atoms with Gasteiger partial charge in [-0.1, -0.05) is 48.0 Å². The molecule has 0 saturated carbocycles. The molecule has 0 fully saturated rings. The van der Waals surface area contributed by atoms with Crippen molar-refractivity contribution in [1.29, 1.82) is 0 Å². The minimum Gasteiger partial charge on any atom is -0.465 e. The van der Waals surface area contributed by atoms with Crippen LogP contribution in [0, 0.1) is 6.92 Å². The first-order valence-corrected chi connectivity index (χ1v) is 7.78. The molecule has 0 N–H and O–H groups in total. The zero-order chi connectivity index (χ0) is 16.7. The van der Waals surface area contributed by atoms with E-state index in [9.17, 15) is 4.79 Å². The topological polar surface area (TPSA) is 39.4 Å². The van der Waals surface area contributed by atoms with Crippen LogP contribution in [0.5, 0.6) is 0 Å². The monoisotopic (exact) mass is 316 g/mol. The van der Waals surface area contributed by atoms with Crippen LogP contribution in [0.1, 0.15) is 15.9 Å². The van der Waals surface area contributed by atoms with E-state index >= 15 is 0 Å². The molecule has 0 spiro atoms. The number of esters is 1. The van der Waals surface area contributed by atoms with E-state index in [1.807, 2.05) is 67.6 Å². The second-order valence-corrected chi connectivity index (χ2v) is 5.82. The van der Waals surface area contributed by atoms with Crippen molar-refractivity contribution in [3.8, 4) is 11.1 Å². The Morgan fingerprint density at radius 3 is 2.54 bits per heavy atom. The number of hydrogen-bond acceptors (Lipinski definition) is 3. The van der Waals surface area contributed by atoms with Gasteiger partial charge < -0.3 is 9.15 Å². The average Bonchev–Trinajstić information content (AvgIpc) is 2.99. The number of furan rings is 1. The summed E-state index contributed by atoms with van der Waals surface area (Å²) in [7, 11) is 1.41. The molecule has 0 amide bonds. The minimum atomic E-state index is -0.335. The Morgan fingerprint density at radius 1 is 0.917 bits per heavy atom. The summed E-state index contributed by atoms with van der Waals surface area (Å²) in [5.41, 5.74) is 5.05. The van der Waals surface area contributed by atoms with E-state index < -0.39 is 0 Å². The lowest BCUT2D eigenvalue weighted by Gasteiger charge is -2.10. The molecule has 0 bridgehead atoms. The molecule has 0 unspecified atom stereocenters. The number of rotatable bonds is 2. The fourth-order valence-electron chi connectivity index (χ4n) is 3.17. The molecule has 1 heterocycles. The van der Waals surface area contributed by atoms with Crippen LogP contribution < -0.4 is 0 Å². The van der Waals surface area contributed by atoms with Gasteiger partial charge >= 0.3 is 5.97 Å². The third kappa shape index (κ3) is 2.17. The summed E-state index contributed by atoms with van der Waals surface area (Å²) in [5, 5.41) is 2.06. The van der Waals surface area contributed by atoms with Gasteiger partial charge in [0.25, 0.3) is 0 Å². The Labute approximate surface area is 139 Å². The van der Waals surface area contributed by atoms with Crippen molar-refractivity contribution >= 4 is 27.9 Å². The molecule has 3 nitrogen and oxygen atoms in total. The zero-order valence-corrected chi connectivity index (χ0v) is 13.5. The molecular weight excluding hydrogens is 300 g/mol. The summed E-state index contributed by atoms with van der Waals surface area (Å²) in [6.45, 7) is 1.96. The Hall–Kier alpha value is -3.07. The molecule has 0 atom stereocenters. The number of para-hydroxylation sites is 1. The quantitative estimate of drug-likeness (QED) is 0.468. The largest absolute Gasteiger partial charge is 0.465 e. The molecule has 4 aromatic rings. The first kappa shape index (κ1) is 14.5. The van der Waals surface area contributed by atoms with E-state index in [-0.39, 0.29) is 5.97 Å². The van der Waals surface area contributed by atoms with Gasteiger partial charge in [-0.25, -0.2) is 4.79 Å². The van der Waals surface area contributed by atoms with E-state index in [1.54, 1.807) is 0 Å². The molecule has 3 aromatic carbocycles. The highest BCUT2D eigenvalue weighted by Crippen LogP contribution is 2.38. The number of aryl methyl sites for hydroxylation is 1. The van der Waals surface area contributed by atoms with E-state index in [0.29, 0.717) is 5.56 Å². The fourth-order valence-corrected chi connectivity index (χ4v) is 3.17. The van der Waals surface area contributed by atoms with Crippen molar-refractivity contribution in [3.05, 3.63) is 71.8 Å². The van der Waals surface area contributed by atoms with Crippen LogP contribution in [0.15, 0.2) is 65.1 Å². The number of carbonyl (C=O) groups is 1. The molecule has 24 heavy (non-hydrogen) atoms. The van der Waals surface area contributed by atoms with Crippen molar-refractivity contribution in [3.63, 3.8) is 0 Å². The Kier molecular flexibility index (Phi) is 3.35. The van der Waals surface area contributed by atoms with Gasteiger partial charge in [0, 0.05) is 10.8 Å². The number of carbonyl (C=O) groups excluding carboxylic acids is 1. The molecular formula is C21H16O3. The molecule has 0 aliphatic heterocycles. The lowest BCUT2D eigenvalue weighted by atomic mass is 9.94. The Balaban J connectivity index is 2.09. The minimum absolute atomic E-state index is 0.335. The Morgan fingerprint density at radius 2 is 1.71 bits per heavy atom. The lowest BCUT2D eigenvalue weighted by molar-refractivity contribution is 0.0601. The maximum absolute atomic E-state index is 12.3. The van der Waals surface area contributed by atoms with Crippen molar-refractivity contribution < 1.29 is 13.9 Å². The maximum Gasteiger partial charge on any atom is 0.338 e.